The van der Waals surface area contributed by atoms with Crippen LogP contribution in [0.1, 0.15) is 0 Å². The van der Waals surface area contributed by atoms with Gasteiger partial charge in [0.05, 0.1) is 4.92 Å². The van der Waals surface area contributed by atoms with Crippen molar-refractivity contribution in [1.29, 1.82) is 0 Å². The molecule has 0 unspecified atom stereocenters. The van der Waals surface area contributed by atoms with E-state index in [0.29, 0.717) is 4.85 Å². The van der Waals surface area contributed by atoms with Crippen LogP contribution in [-0.4, -0.2) is 25.3 Å². The summed E-state index contributed by atoms with van der Waals surface area (Å²) in [6.07, 6.45) is 0. The molecule has 2 rings (SSSR count). The van der Waals surface area contributed by atoms with Crippen LogP contribution in [-0.2, 0) is 0 Å². The van der Waals surface area contributed by atoms with Crippen LogP contribution in [0.25, 0.3) is 11.0 Å². The number of non-ortho nitro benzene ring substituents is 1. The second-order valence-electron chi connectivity index (χ2n) is 2.38. The minimum Gasteiger partial charge on any atom is -0.410 e. The molecular formula is C6H4N4O3. The number of hydrogen-bond acceptors (Lipinski definition) is 5. The highest BCUT2D eigenvalue weighted by atomic mass is 16.6. The number of nitro benzene ring substituents is 1. The molecule has 66 valence electrons. The Balaban J connectivity index is 2.84. The fourth-order valence-electron chi connectivity index (χ4n) is 1.07. The molecule has 0 saturated carbocycles. The van der Waals surface area contributed by atoms with E-state index >= 15 is 0 Å². The van der Waals surface area contributed by atoms with Gasteiger partial charge >= 0.3 is 0 Å². The predicted molar refractivity (Wildman–Crippen MR) is 41.4 cm³/mol. The summed E-state index contributed by atoms with van der Waals surface area (Å²) in [4.78, 5) is 10.4. The summed E-state index contributed by atoms with van der Waals surface area (Å²) < 4.78 is 0. The number of fused-ring (bicyclic) bond motifs is 1. The largest absolute Gasteiger partial charge is 0.410 e. The number of nitro groups is 1. The van der Waals surface area contributed by atoms with Crippen LogP contribution in [0, 0.1) is 10.1 Å². The molecule has 0 saturated heterocycles. The molecule has 7 heteroatoms. The Morgan fingerprint density at radius 2 is 2.31 bits per heavy atom. The molecule has 0 spiro atoms. The summed E-state index contributed by atoms with van der Waals surface area (Å²) in [5, 5.41) is 26.2. The van der Waals surface area contributed by atoms with Crippen molar-refractivity contribution < 1.29 is 10.1 Å². The first-order chi connectivity index (χ1) is 6.20. The molecule has 0 aliphatic carbocycles. The van der Waals surface area contributed by atoms with Crippen molar-refractivity contribution in [3.05, 3.63) is 28.3 Å². The lowest BCUT2D eigenvalue weighted by molar-refractivity contribution is -0.383. The van der Waals surface area contributed by atoms with Crippen molar-refractivity contribution in [2.45, 2.75) is 0 Å². The third-order valence-corrected chi connectivity index (χ3v) is 1.64. The van der Waals surface area contributed by atoms with Gasteiger partial charge in [-0.15, -0.1) is 5.10 Å². The van der Waals surface area contributed by atoms with Crippen molar-refractivity contribution >= 4 is 16.7 Å². The zero-order valence-corrected chi connectivity index (χ0v) is 6.28. The quantitative estimate of drug-likeness (QED) is 0.393. The molecule has 0 aliphatic heterocycles. The fourth-order valence-corrected chi connectivity index (χ4v) is 1.07. The molecule has 0 bridgehead atoms. The summed E-state index contributed by atoms with van der Waals surface area (Å²) in [7, 11) is 0. The average Bonchev–Trinajstić information content (AvgIpc) is 2.48. The molecule has 2 aromatic rings. The van der Waals surface area contributed by atoms with Crippen LogP contribution in [0.3, 0.4) is 0 Å². The fraction of sp³-hybridized carbons (Fsp3) is 0. The molecule has 1 aromatic carbocycles. The first kappa shape index (κ1) is 7.47. The Bertz CT molecular complexity index is 478. The lowest BCUT2D eigenvalue weighted by Crippen LogP contribution is -1.91. The number of nitrogens with zero attached hydrogens (tertiary/aromatic N) is 4. The first-order valence-corrected chi connectivity index (χ1v) is 3.38. The van der Waals surface area contributed by atoms with E-state index in [1.54, 1.807) is 0 Å². The molecular weight excluding hydrogens is 176 g/mol. The average molecular weight is 180 g/mol. The van der Waals surface area contributed by atoms with E-state index in [1.165, 1.54) is 18.2 Å². The molecule has 0 amide bonds. The van der Waals surface area contributed by atoms with Crippen molar-refractivity contribution in [3.63, 3.8) is 0 Å². The maximum atomic E-state index is 10.5. The number of aromatic nitrogens is 3. The highest BCUT2D eigenvalue weighted by Crippen LogP contribution is 2.21. The van der Waals surface area contributed by atoms with E-state index in [4.69, 9.17) is 5.21 Å². The second-order valence-corrected chi connectivity index (χ2v) is 2.38. The van der Waals surface area contributed by atoms with Crippen LogP contribution >= 0.6 is 0 Å². The highest BCUT2D eigenvalue weighted by Gasteiger charge is 2.15. The minimum atomic E-state index is -0.572. The van der Waals surface area contributed by atoms with Crippen molar-refractivity contribution in [2.75, 3.05) is 0 Å². The van der Waals surface area contributed by atoms with Crippen LogP contribution in [0.15, 0.2) is 18.2 Å². The highest BCUT2D eigenvalue weighted by molar-refractivity contribution is 5.83. The maximum absolute atomic E-state index is 10.5. The molecule has 0 radical (unpaired) electrons. The Morgan fingerprint density at radius 1 is 1.54 bits per heavy atom. The molecule has 0 aliphatic rings. The van der Waals surface area contributed by atoms with E-state index in [9.17, 15) is 10.1 Å². The lowest BCUT2D eigenvalue weighted by atomic mass is 10.3. The van der Waals surface area contributed by atoms with Gasteiger partial charge in [0.2, 0.25) is 0 Å². The summed E-state index contributed by atoms with van der Waals surface area (Å²) >= 11 is 0. The summed E-state index contributed by atoms with van der Waals surface area (Å²) in [5.41, 5.74) is 0.127. The second kappa shape index (κ2) is 2.41. The van der Waals surface area contributed by atoms with Gasteiger partial charge in [-0.05, 0) is 11.3 Å². The lowest BCUT2D eigenvalue weighted by Gasteiger charge is -1.91. The summed E-state index contributed by atoms with van der Waals surface area (Å²) in [5.74, 6) is 0. The van der Waals surface area contributed by atoms with Gasteiger partial charge in [-0.3, -0.25) is 10.1 Å². The first-order valence-electron chi connectivity index (χ1n) is 3.38. The third kappa shape index (κ3) is 0.975. The van der Waals surface area contributed by atoms with Gasteiger partial charge < -0.3 is 5.21 Å². The summed E-state index contributed by atoms with van der Waals surface area (Å²) in [6, 6.07) is 4.25. The number of rotatable bonds is 1. The van der Waals surface area contributed by atoms with Gasteiger partial charge in [-0.1, -0.05) is 10.9 Å². The Labute approximate surface area is 71.3 Å². The standard InChI is InChI=1S/C6H4N4O3/c11-9-4-2-1-3-5(10(12)13)6(4)7-8-9/h1-3,11H. The predicted octanol–water partition coefficient (Wildman–Crippen LogP) is 0.577. The molecule has 0 atom stereocenters. The number of hydrogen-bond donors (Lipinski definition) is 1. The van der Waals surface area contributed by atoms with Crippen LogP contribution < -0.4 is 0 Å². The van der Waals surface area contributed by atoms with Crippen LogP contribution in [0.2, 0.25) is 0 Å². The van der Waals surface area contributed by atoms with E-state index in [0.717, 1.165) is 0 Å². The Morgan fingerprint density at radius 3 is 3.00 bits per heavy atom. The van der Waals surface area contributed by atoms with Gasteiger partial charge in [0, 0.05) is 6.07 Å². The van der Waals surface area contributed by atoms with Gasteiger partial charge in [0.15, 0.2) is 5.52 Å². The normalized spacial score (nSPS) is 10.5. The summed E-state index contributed by atoms with van der Waals surface area (Å²) in [6.45, 7) is 0. The molecule has 0 fully saturated rings. The van der Waals surface area contributed by atoms with Crippen molar-refractivity contribution in [2.24, 2.45) is 0 Å². The zero-order valence-electron chi connectivity index (χ0n) is 6.28. The van der Waals surface area contributed by atoms with E-state index in [-0.39, 0.29) is 16.7 Å². The Kier molecular flexibility index (Phi) is 1.38. The van der Waals surface area contributed by atoms with Gasteiger partial charge in [0.25, 0.3) is 5.69 Å². The number of benzene rings is 1. The van der Waals surface area contributed by atoms with Gasteiger partial charge in [0.1, 0.15) is 5.52 Å². The van der Waals surface area contributed by atoms with E-state index < -0.39 is 4.92 Å². The smallest absolute Gasteiger partial charge is 0.299 e. The van der Waals surface area contributed by atoms with Crippen molar-refractivity contribution in [1.82, 2.24) is 15.2 Å². The SMILES string of the molecule is O=[N+]([O-])c1cccc2c1nnn2O. The molecule has 1 heterocycles. The third-order valence-electron chi connectivity index (χ3n) is 1.64. The maximum Gasteiger partial charge on any atom is 0.299 e. The molecule has 7 nitrogen and oxygen atoms in total. The monoisotopic (exact) mass is 180 g/mol. The molecule has 13 heavy (non-hydrogen) atoms. The van der Waals surface area contributed by atoms with Crippen LogP contribution in [0.5, 0.6) is 0 Å². The zero-order chi connectivity index (χ0) is 9.42. The van der Waals surface area contributed by atoms with E-state index in [1.807, 2.05) is 0 Å². The molecule has 1 N–H and O–H groups in total. The minimum absolute atomic E-state index is 0.0787. The van der Waals surface area contributed by atoms with Gasteiger partial charge in [-0.25, -0.2) is 0 Å². The topological polar surface area (TPSA) is 94.1 Å². The van der Waals surface area contributed by atoms with Crippen molar-refractivity contribution in [3.8, 4) is 0 Å². The van der Waals surface area contributed by atoms with E-state index in [2.05, 4.69) is 10.3 Å². The Hall–Kier alpha value is -2.18. The molecule has 1 aromatic heterocycles. The van der Waals surface area contributed by atoms with Crippen LogP contribution in [0.4, 0.5) is 5.69 Å². The van der Waals surface area contributed by atoms with Gasteiger partial charge in [-0.2, -0.15) is 0 Å².